The number of alkyl halides is 3. The van der Waals surface area contributed by atoms with Crippen molar-refractivity contribution in [3.63, 3.8) is 0 Å². The first kappa shape index (κ1) is 24.0. The molecule has 3 aromatic rings. The number of ether oxygens (including phenoxy) is 2. The average molecular weight is 522 g/mol. The third-order valence-corrected chi connectivity index (χ3v) is 6.79. The summed E-state index contributed by atoms with van der Waals surface area (Å²) in [6, 6.07) is 12.5. The van der Waals surface area contributed by atoms with Gasteiger partial charge in [-0.05, 0) is 53.4 Å². The van der Waals surface area contributed by atoms with Crippen LogP contribution in [-0.4, -0.2) is 23.3 Å². The Morgan fingerprint density at radius 3 is 2.56 bits per heavy atom. The maximum absolute atomic E-state index is 13.1. The van der Waals surface area contributed by atoms with Crippen LogP contribution in [0.3, 0.4) is 0 Å². The van der Waals surface area contributed by atoms with Gasteiger partial charge < -0.3 is 9.47 Å². The van der Waals surface area contributed by atoms with Crippen LogP contribution in [0.15, 0.2) is 64.9 Å². The number of thiocarbonyl (C=S) groups is 1. The highest BCUT2D eigenvalue weighted by Gasteiger charge is 2.36. The fraction of sp³-hybridized carbons (Fsp3) is 0.0870. The van der Waals surface area contributed by atoms with Gasteiger partial charge in [-0.3, -0.25) is 9.69 Å². The summed E-state index contributed by atoms with van der Waals surface area (Å²) >= 11 is 7.47. The molecule has 1 amide bonds. The first-order valence-corrected chi connectivity index (χ1v) is 11.7. The van der Waals surface area contributed by atoms with Crippen LogP contribution in [0.25, 0.3) is 6.08 Å². The average Bonchev–Trinajstić information content (AvgIpc) is 3.43. The molecule has 34 heavy (non-hydrogen) atoms. The van der Waals surface area contributed by atoms with Crippen molar-refractivity contribution in [3.8, 4) is 11.5 Å². The second-order valence-electron chi connectivity index (χ2n) is 6.84. The molecule has 5 nitrogen and oxygen atoms in total. The standard InChI is InChI=1S/C23H14F3NO4S3/c1-30-17-10-13(7-8-16(17)31-21(29)18-6-3-9-33-18)11-19-20(28)27(22(32)34-19)15-5-2-4-14(12-15)23(24,25)26/h2-12H,1H3. The number of halogens is 3. The van der Waals surface area contributed by atoms with Crippen LogP contribution < -0.4 is 14.4 Å². The minimum absolute atomic E-state index is 0.0362. The highest BCUT2D eigenvalue weighted by molar-refractivity contribution is 8.27. The van der Waals surface area contributed by atoms with Crippen molar-refractivity contribution in [1.82, 2.24) is 0 Å². The minimum atomic E-state index is -4.54. The lowest BCUT2D eigenvalue weighted by Crippen LogP contribution is -2.27. The van der Waals surface area contributed by atoms with Crippen LogP contribution in [0.5, 0.6) is 11.5 Å². The van der Waals surface area contributed by atoms with Crippen molar-refractivity contribution in [2.75, 3.05) is 12.0 Å². The summed E-state index contributed by atoms with van der Waals surface area (Å²) in [5, 5.41) is 1.76. The van der Waals surface area contributed by atoms with Gasteiger partial charge in [0.15, 0.2) is 15.8 Å². The summed E-state index contributed by atoms with van der Waals surface area (Å²) in [6.45, 7) is 0. The number of amides is 1. The molecule has 1 aliphatic heterocycles. The van der Waals surface area contributed by atoms with E-state index in [2.05, 4.69) is 0 Å². The van der Waals surface area contributed by atoms with E-state index in [1.54, 1.807) is 35.7 Å². The third kappa shape index (κ3) is 5.01. The summed E-state index contributed by atoms with van der Waals surface area (Å²) in [6.07, 6.45) is -3.00. The highest BCUT2D eigenvalue weighted by Crippen LogP contribution is 2.39. The largest absolute Gasteiger partial charge is 0.493 e. The van der Waals surface area contributed by atoms with Crippen molar-refractivity contribution in [1.29, 1.82) is 0 Å². The number of carbonyl (C=O) groups is 2. The fourth-order valence-electron chi connectivity index (χ4n) is 3.07. The molecule has 0 spiro atoms. The van der Waals surface area contributed by atoms with E-state index in [1.807, 2.05) is 0 Å². The molecule has 0 aliphatic carbocycles. The molecule has 2 heterocycles. The Morgan fingerprint density at radius 2 is 1.88 bits per heavy atom. The molecule has 2 aromatic carbocycles. The van der Waals surface area contributed by atoms with E-state index in [0.29, 0.717) is 10.4 Å². The summed E-state index contributed by atoms with van der Waals surface area (Å²) in [5.74, 6) is -0.592. The number of esters is 1. The molecule has 0 radical (unpaired) electrons. The van der Waals surface area contributed by atoms with Crippen LogP contribution >= 0.6 is 35.3 Å². The molecular weight excluding hydrogens is 507 g/mol. The van der Waals surface area contributed by atoms with Crippen molar-refractivity contribution in [3.05, 3.63) is 80.9 Å². The first-order chi connectivity index (χ1) is 16.2. The number of hydrogen-bond donors (Lipinski definition) is 0. The van der Waals surface area contributed by atoms with Crippen LogP contribution in [0.4, 0.5) is 18.9 Å². The number of benzene rings is 2. The Hall–Kier alpha value is -3.15. The van der Waals surface area contributed by atoms with Gasteiger partial charge in [-0.1, -0.05) is 42.2 Å². The van der Waals surface area contributed by atoms with Crippen LogP contribution in [-0.2, 0) is 11.0 Å². The molecule has 174 valence electrons. The third-order valence-electron chi connectivity index (χ3n) is 4.64. The van der Waals surface area contributed by atoms with Gasteiger partial charge >= 0.3 is 12.1 Å². The Balaban J connectivity index is 1.58. The van der Waals surface area contributed by atoms with Crippen LogP contribution in [0.1, 0.15) is 20.8 Å². The lowest BCUT2D eigenvalue weighted by atomic mass is 10.1. The van der Waals surface area contributed by atoms with Gasteiger partial charge in [-0.25, -0.2) is 4.79 Å². The van der Waals surface area contributed by atoms with E-state index in [1.165, 1.54) is 36.6 Å². The van der Waals surface area contributed by atoms with Crippen molar-refractivity contribution in [2.45, 2.75) is 6.18 Å². The van der Waals surface area contributed by atoms with Gasteiger partial charge in [0.05, 0.1) is 23.3 Å². The van der Waals surface area contributed by atoms with Crippen LogP contribution in [0, 0.1) is 0 Å². The number of thiophene rings is 1. The van der Waals surface area contributed by atoms with Gasteiger partial charge in [0.1, 0.15) is 4.88 Å². The van der Waals surface area contributed by atoms with Gasteiger partial charge in [0, 0.05) is 0 Å². The Bertz CT molecular complexity index is 1300. The van der Waals surface area contributed by atoms with Crippen molar-refractivity contribution >= 4 is 63.3 Å². The number of thioether (sulfide) groups is 1. The molecule has 11 heteroatoms. The Morgan fingerprint density at radius 1 is 1.09 bits per heavy atom. The number of methoxy groups -OCH3 is 1. The molecule has 1 fully saturated rings. The molecule has 1 aromatic heterocycles. The number of hydrogen-bond acceptors (Lipinski definition) is 7. The quantitative estimate of drug-likeness (QED) is 0.168. The first-order valence-electron chi connectivity index (χ1n) is 9.56. The Labute approximate surface area is 205 Å². The normalized spacial score (nSPS) is 15.2. The maximum Gasteiger partial charge on any atom is 0.416 e. The second-order valence-corrected chi connectivity index (χ2v) is 9.47. The van der Waals surface area contributed by atoms with Gasteiger partial charge in [0.25, 0.3) is 5.91 Å². The van der Waals surface area contributed by atoms with Crippen LogP contribution in [0.2, 0.25) is 0 Å². The smallest absolute Gasteiger partial charge is 0.416 e. The second kappa shape index (κ2) is 9.61. The molecule has 0 bridgehead atoms. The predicted molar refractivity (Wildman–Crippen MR) is 129 cm³/mol. The topological polar surface area (TPSA) is 55.8 Å². The minimum Gasteiger partial charge on any atom is -0.493 e. The lowest BCUT2D eigenvalue weighted by molar-refractivity contribution is -0.137. The molecule has 0 saturated carbocycles. The zero-order valence-corrected chi connectivity index (χ0v) is 19.7. The van der Waals surface area contributed by atoms with Gasteiger partial charge in [0.2, 0.25) is 0 Å². The van der Waals surface area contributed by atoms with Gasteiger partial charge in [-0.15, -0.1) is 11.3 Å². The predicted octanol–water partition coefficient (Wildman–Crippen LogP) is 6.40. The molecule has 4 rings (SSSR count). The SMILES string of the molecule is COc1cc(C=C2SC(=S)N(c3cccc(C(F)(F)F)c3)C2=O)ccc1OC(=O)c1cccs1. The number of nitrogens with zero attached hydrogens (tertiary/aromatic N) is 1. The van der Waals surface area contributed by atoms with E-state index in [4.69, 9.17) is 21.7 Å². The molecule has 0 unspecified atom stereocenters. The fourth-order valence-corrected chi connectivity index (χ4v) is 4.96. The Kier molecular flexibility index (Phi) is 6.78. The van der Waals surface area contributed by atoms with Crippen molar-refractivity contribution in [2.24, 2.45) is 0 Å². The number of anilines is 1. The number of carbonyl (C=O) groups excluding carboxylic acids is 2. The van der Waals surface area contributed by atoms with E-state index in [-0.39, 0.29) is 26.4 Å². The maximum atomic E-state index is 13.1. The molecule has 0 N–H and O–H groups in total. The summed E-state index contributed by atoms with van der Waals surface area (Å²) in [7, 11) is 1.41. The highest BCUT2D eigenvalue weighted by atomic mass is 32.2. The molecule has 1 saturated heterocycles. The van der Waals surface area contributed by atoms with E-state index in [0.717, 1.165) is 28.8 Å². The van der Waals surface area contributed by atoms with E-state index in [9.17, 15) is 22.8 Å². The summed E-state index contributed by atoms with van der Waals surface area (Å²) < 4.78 is 50.1. The molecular formula is C23H14F3NO4S3. The molecule has 1 aliphatic rings. The monoisotopic (exact) mass is 521 g/mol. The lowest BCUT2D eigenvalue weighted by Gasteiger charge is -2.16. The summed E-state index contributed by atoms with van der Waals surface area (Å²) in [4.78, 5) is 26.9. The van der Waals surface area contributed by atoms with Gasteiger partial charge in [-0.2, -0.15) is 13.2 Å². The zero-order valence-electron chi connectivity index (χ0n) is 17.3. The summed E-state index contributed by atoms with van der Waals surface area (Å²) in [5.41, 5.74) is -0.285. The van der Waals surface area contributed by atoms with Crippen molar-refractivity contribution < 1.29 is 32.2 Å². The zero-order chi connectivity index (χ0) is 24.5. The number of rotatable bonds is 5. The van der Waals surface area contributed by atoms with E-state index < -0.39 is 23.6 Å². The molecule has 0 atom stereocenters. The van der Waals surface area contributed by atoms with E-state index >= 15 is 0 Å².